The highest BCUT2D eigenvalue weighted by Crippen LogP contribution is 2.02. The first kappa shape index (κ1) is 10.2. The first-order chi connectivity index (χ1) is 6.24. The van der Waals surface area contributed by atoms with E-state index in [1.807, 2.05) is 4.68 Å². The van der Waals surface area contributed by atoms with Crippen molar-refractivity contribution in [3.63, 3.8) is 0 Å². The minimum Gasteiger partial charge on any atom is -0.393 e. The lowest BCUT2D eigenvalue weighted by Crippen LogP contribution is -2.09. The molecule has 1 rings (SSSR count). The lowest BCUT2D eigenvalue weighted by atomic mass is 10.2. The number of aliphatic hydroxyl groups excluding tert-OH is 1. The second-order valence-corrected chi connectivity index (χ2v) is 3.29. The maximum Gasteiger partial charge on any atom is 0.138 e. The summed E-state index contributed by atoms with van der Waals surface area (Å²) in [6, 6.07) is 0. The summed E-state index contributed by atoms with van der Waals surface area (Å²) in [6.45, 7) is 4.82. The Kier molecular flexibility index (Phi) is 3.89. The summed E-state index contributed by atoms with van der Waals surface area (Å²) in [5, 5.41) is 13.2. The van der Waals surface area contributed by atoms with E-state index in [-0.39, 0.29) is 6.10 Å². The van der Waals surface area contributed by atoms with Crippen LogP contribution in [0.25, 0.3) is 0 Å². The summed E-state index contributed by atoms with van der Waals surface area (Å²) in [6.07, 6.45) is 3.93. The third kappa shape index (κ3) is 3.14. The minimum absolute atomic E-state index is 0.258. The lowest BCUT2D eigenvalue weighted by Gasteiger charge is -2.05. The van der Waals surface area contributed by atoms with E-state index < -0.39 is 0 Å². The molecule has 4 nitrogen and oxygen atoms in total. The second-order valence-electron chi connectivity index (χ2n) is 3.29. The number of nitrogens with zero attached hydrogens (tertiary/aromatic N) is 3. The van der Waals surface area contributed by atoms with Crippen LogP contribution in [-0.2, 0) is 13.0 Å². The molecule has 0 bridgehead atoms. The number of aromatic nitrogens is 3. The van der Waals surface area contributed by atoms with Crippen LogP contribution < -0.4 is 0 Å². The van der Waals surface area contributed by atoms with Gasteiger partial charge in [0.25, 0.3) is 0 Å². The van der Waals surface area contributed by atoms with Crippen LogP contribution in [-0.4, -0.2) is 26.0 Å². The van der Waals surface area contributed by atoms with Gasteiger partial charge in [0.2, 0.25) is 0 Å². The van der Waals surface area contributed by atoms with E-state index in [9.17, 15) is 0 Å². The van der Waals surface area contributed by atoms with E-state index in [0.717, 1.165) is 31.6 Å². The molecule has 1 N–H and O–H groups in total. The third-order valence-corrected chi connectivity index (χ3v) is 1.92. The van der Waals surface area contributed by atoms with Gasteiger partial charge in [-0.15, -0.1) is 0 Å². The number of aliphatic hydroxyl groups is 1. The molecule has 0 aromatic carbocycles. The summed E-state index contributed by atoms with van der Waals surface area (Å²) >= 11 is 0. The zero-order valence-corrected chi connectivity index (χ0v) is 8.27. The summed E-state index contributed by atoms with van der Waals surface area (Å²) in [5.41, 5.74) is 0. The molecule has 1 unspecified atom stereocenters. The second kappa shape index (κ2) is 4.97. The summed E-state index contributed by atoms with van der Waals surface area (Å²) in [7, 11) is 0. The van der Waals surface area contributed by atoms with E-state index >= 15 is 0 Å². The van der Waals surface area contributed by atoms with Crippen molar-refractivity contribution in [2.45, 2.75) is 45.8 Å². The Labute approximate surface area is 78.6 Å². The van der Waals surface area contributed by atoms with Gasteiger partial charge in [0.05, 0.1) is 6.10 Å². The van der Waals surface area contributed by atoms with Gasteiger partial charge in [-0.25, -0.2) is 4.98 Å². The molecule has 0 fully saturated rings. The summed E-state index contributed by atoms with van der Waals surface area (Å²) in [5.74, 6) is 0.975. The Morgan fingerprint density at radius 3 is 3.00 bits per heavy atom. The van der Waals surface area contributed by atoms with Gasteiger partial charge in [0.1, 0.15) is 12.2 Å². The van der Waals surface area contributed by atoms with Crippen LogP contribution in [0.4, 0.5) is 0 Å². The molecule has 0 spiro atoms. The third-order valence-electron chi connectivity index (χ3n) is 1.92. The van der Waals surface area contributed by atoms with Gasteiger partial charge in [0, 0.05) is 13.0 Å². The van der Waals surface area contributed by atoms with Crippen molar-refractivity contribution in [2.75, 3.05) is 0 Å². The van der Waals surface area contributed by atoms with E-state index in [1.54, 1.807) is 13.3 Å². The quantitative estimate of drug-likeness (QED) is 0.741. The molecule has 0 radical (unpaired) electrons. The lowest BCUT2D eigenvalue weighted by molar-refractivity contribution is 0.183. The SMILES string of the molecule is CCCn1ncnc1CCC(C)O. The van der Waals surface area contributed by atoms with Crippen molar-refractivity contribution in [2.24, 2.45) is 0 Å². The predicted molar refractivity (Wildman–Crippen MR) is 50.3 cm³/mol. The number of aryl methyl sites for hydroxylation is 2. The summed E-state index contributed by atoms with van der Waals surface area (Å²) < 4.78 is 1.91. The Bertz CT molecular complexity index is 245. The molecule has 1 atom stereocenters. The molecule has 0 saturated heterocycles. The minimum atomic E-state index is -0.258. The fourth-order valence-electron chi connectivity index (χ4n) is 1.22. The molecule has 4 heteroatoms. The van der Waals surface area contributed by atoms with Gasteiger partial charge in [-0.3, -0.25) is 4.68 Å². The highest BCUT2D eigenvalue weighted by atomic mass is 16.3. The Balaban J connectivity index is 2.49. The van der Waals surface area contributed by atoms with E-state index in [1.165, 1.54) is 0 Å². The zero-order chi connectivity index (χ0) is 9.68. The average Bonchev–Trinajstić information content (AvgIpc) is 2.49. The van der Waals surface area contributed by atoms with Gasteiger partial charge in [0.15, 0.2) is 0 Å². The normalized spacial score (nSPS) is 13.2. The van der Waals surface area contributed by atoms with Crippen molar-refractivity contribution in [3.8, 4) is 0 Å². The topological polar surface area (TPSA) is 50.9 Å². The average molecular weight is 183 g/mol. The van der Waals surface area contributed by atoms with Crippen molar-refractivity contribution in [1.82, 2.24) is 14.8 Å². The molecule has 0 aliphatic carbocycles. The fourth-order valence-corrected chi connectivity index (χ4v) is 1.22. The maximum atomic E-state index is 9.11. The molecule has 0 aliphatic rings. The van der Waals surface area contributed by atoms with Crippen LogP contribution in [0.3, 0.4) is 0 Å². The molecular weight excluding hydrogens is 166 g/mol. The predicted octanol–water partition coefficient (Wildman–Crippen LogP) is 1.00. The Morgan fingerprint density at radius 1 is 1.62 bits per heavy atom. The number of hydrogen-bond donors (Lipinski definition) is 1. The zero-order valence-electron chi connectivity index (χ0n) is 8.27. The molecule has 0 saturated carbocycles. The Morgan fingerprint density at radius 2 is 2.38 bits per heavy atom. The molecule has 1 aromatic rings. The molecule has 13 heavy (non-hydrogen) atoms. The molecule has 0 aliphatic heterocycles. The van der Waals surface area contributed by atoms with E-state index in [0.29, 0.717) is 0 Å². The first-order valence-electron chi connectivity index (χ1n) is 4.78. The molecular formula is C9H17N3O. The monoisotopic (exact) mass is 183 g/mol. The van der Waals surface area contributed by atoms with Crippen molar-refractivity contribution < 1.29 is 5.11 Å². The van der Waals surface area contributed by atoms with Crippen molar-refractivity contribution in [1.29, 1.82) is 0 Å². The maximum absolute atomic E-state index is 9.11. The van der Waals surface area contributed by atoms with E-state index in [4.69, 9.17) is 5.11 Å². The first-order valence-corrected chi connectivity index (χ1v) is 4.78. The highest BCUT2D eigenvalue weighted by molar-refractivity contribution is 4.84. The van der Waals surface area contributed by atoms with Gasteiger partial charge < -0.3 is 5.11 Å². The largest absolute Gasteiger partial charge is 0.393 e. The summed E-state index contributed by atoms with van der Waals surface area (Å²) in [4.78, 5) is 4.15. The molecule has 74 valence electrons. The standard InChI is InChI=1S/C9H17N3O/c1-3-6-12-9(10-7-11-12)5-4-8(2)13/h7-8,13H,3-6H2,1-2H3. The van der Waals surface area contributed by atoms with Gasteiger partial charge in [-0.2, -0.15) is 5.10 Å². The Hall–Kier alpha value is -0.900. The molecule has 1 aromatic heterocycles. The van der Waals surface area contributed by atoms with Crippen LogP contribution in [0, 0.1) is 0 Å². The number of hydrogen-bond acceptors (Lipinski definition) is 3. The van der Waals surface area contributed by atoms with Crippen LogP contribution in [0.2, 0.25) is 0 Å². The van der Waals surface area contributed by atoms with Crippen LogP contribution in [0.5, 0.6) is 0 Å². The van der Waals surface area contributed by atoms with E-state index in [2.05, 4.69) is 17.0 Å². The van der Waals surface area contributed by atoms with Crippen LogP contribution >= 0.6 is 0 Å². The highest BCUT2D eigenvalue weighted by Gasteiger charge is 2.04. The van der Waals surface area contributed by atoms with Gasteiger partial charge in [-0.1, -0.05) is 6.92 Å². The molecule has 0 amide bonds. The van der Waals surface area contributed by atoms with Crippen molar-refractivity contribution in [3.05, 3.63) is 12.2 Å². The number of rotatable bonds is 5. The molecule has 1 heterocycles. The van der Waals surface area contributed by atoms with Gasteiger partial charge >= 0.3 is 0 Å². The van der Waals surface area contributed by atoms with Crippen LogP contribution in [0.1, 0.15) is 32.5 Å². The smallest absolute Gasteiger partial charge is 0.138 e. The van der Waals surface area contributed by atoms with Crippen LogP contribution in [0.15, 0.2) is 6.33 Å². The van der Waals surface area contributed by atoms with Gasteiger partial charge in [-0.05, 0) is 19.8 Å². The van der Waals surface area contributed by atoms with Crippen molar-refractivity contribution >= 4 is 0 Å². The fraction of sp³-hybridized carbons (Fsp3) is 0.778.